The van der Waals surface area contributed by atoms with E-state index in [1.54, 1.807) is 0 Å². The van der Waals surface area contributed by atoms with Gasteiger partial charge in [-0.1, -0.05) is 27.7 Å². The lowest BCUT2D eigenvalue weighted by molar-refractivity contribution is -0.122. The molecule has 1 heterocycles. The molecule has 11 atom stereocenters. The molecule has 5 rings (SSSR count). The molecular formula is C31H53NO3. The van der Waals surface area contributed by atoms with Gasteiger partial charge in [-0.25, -0.2) is 0 Å². The number of fused-ring (bicyclic) bond motifs is 7. The number of amides is 1. The van der Waals surface area contributed by atoms with Crippen LogP contribution in [-0.2, 0) is 9.53 Å². The van der Waals surface area contributed by atoms with E-state index in [0.717, 1.165) is 54.9 Å². The molecular weight excluding hydrogens is 434 g/mol. The Labute approximate surface area is 214 Å². The van der Waals surface area contributed by atoms with Crippen LogP contribution in [0.2, 0.25) is 0 Å². The van der Waals surface area contributed by atoms with Gasteiger partial charge in [0.1, 0.15) is 0 Å². The third kappa shape index (κ3) is 4.73. The summed E-state index contributed by atoms with van der Waals surface area (Å²) < 4.78 is 6.71. The Hall–Kier alpha value is -0.610. The van der Waals surface area contributed by atoms with Crippen molar-refractivity contribution in [2.24, 2.45) is 52.3 Å². The van der Waals surface area contributed by atoms with Crippen molar-refractivity contribution in [1.29, 1.82) is 0 Å². The molecule has 1 saturated heterocycles. The molecule has 0 aromatic carbocycles. The zero-order valence-electron chi connectivity index (χ0n) is 23.1. The first kappa shape index (κ1) is 26.0. The average molecular weight is 488 g/mol. The van der Waals surface area contributed by atoms with Gasteiger partial charge in [0.15, 0.2) is 0 Å². The van der Waals surface area contributed by atoms with Gasteiger partial charge in [0.05, 0.1) is 12.2 Å². The minimum Gasteiger partial charge on any atom is -0.396 e. The molecule has 1 amide bonds. The molecule has 4 heteroatoms. The number of aliphatic hydroxyl groups is 1. The van der Waals surface area contributed by atoms with Gasteiger partial charge in [0.25, 0.3) is 0 Å². The minimum absolute atomic E-state index is 0.202. The van der Waals surface area contributed by atoms with Crippen molar-refractivity contribution in [3.8, 4) is 0 Å². The number of hydrogen-bond acceptors (Lipinski definition) is 3. The largest absolute Gasteiger partial charge is 0.396 e. The van der Waals surface area contributed by atoms with Crippen LogP contribution in [0, 0.1) is 52.3 Å². The van der Waals surface area contributed by atoms with E-state index in [1.807, 2.05) is 6.92 Å². The predicted octanol–water partition coefficient (Wildman–Crippen LogP) is 6.35. The number of hydrogen-bond donors (Lipinski definition) is 2. The molecule has 0 aromatic heterocycles. The quantitative estimate of drug-likeness (QED) is 0.419. The van der Waals surface area contributed by atoms with Gasteiger partial charge in [0, 0.05) is 19.6 Å². The highest BCUT2D eigenvalue weighted by Gasteiger charge is 2.64. The van der Waals surface area contributed by atoms with Crippen LogP contribution in [0.5, 0.6) is 0 Å². The average Bonchev–Trinajstić information content (AvgIpc) is 3.39. The Morgan fingerprint density at radius 3 is 2.57 bits per heavy atom. The Morgan fingerprint density at radius 2 is 1.80 bits per heavy atom. The Balaban J connectivity index is 1.19. The lowest BCUT2D eigenvalue weighted by Crippen LogP contribution is -2.53. The smallest absolute Gasteiger partial charge is 0.219 e. The number of ether oxygens (including phenoxy) is 1. The van der Waals surface area contributed by atoms with Gasteiger partial charge in [-0.15, -0.1) is 0 Å². The molecule has 4 nitrogen and oxygen atoms in total. The van der Waals surface area contributed by atoms with E-state index in [1.165, 1.54) is 64.2 Å². The van der Waals surface area contributed by atoms with Gasteiger partial charge < -0.3 is 15.2 Å². The molecule has 4 unspecified atom stereocenters. The Kier molecular flexibility index (Phi) is 7.64. The first-order valence-corrected chi connectivity index (χ1v) is 15.3. The zero-order valence-corrected chi connectivity index (χ0v) is 23.1. The molecule has 0 aromatic rings. The molecule has 35 heavy (non-hydrogen) atoms. The maximum atomic E-state index is 11.6. The van der Waals surface area contributed by atoms with Crippen LogP contribution in [-0.4, -0.2) is 36.4 Å². The summed E-state index contributed by atoms with van der Waals surface area (Å²) in [5, 5.41) is 12.5. The fourth-order valence-electron chi connectivity index (χ4n) is 10.1. The highest BCUT2D eigenvalue weighted by molar-refractivity contribution is 5.75. The van der Waals surface area contributed by atoms with E-state index >= 15 is 0 Å². The van der Waals surface area contributed by atoms with Crippen molar-refractivity contribution < 1.29 is 14.6 Å². The van der Waals surface area contributed by atoms with Crippen molar-refractivity contribution in [3.05, 3.63) is 0 Å². The van der Waals surface area contributed by atoms with E-state index in [0.29, 0.717) is 42.0 Å². The highest BCUT2D eigenvalue weighted by Crippen LogP contribution is 2.69. The lowest BCUT2D eigenvalue weighted by Gasteiger charge is -2.61. The van der Waals surface area contributed by atoms with Crippen LogP contribution in [0.15, 0.2) is 0 Å². The van der Waals surface area contributed by atoms with E-state index in [9.17, 15) is 9.90 Å². The summed E-state index contributed by atoms with van der Waals surface area (Å²) in [5.41, 5.74) is 1.02. The molecule has 2 N–H and O–H groups in total. The van der Waals surface area contributed by atoms with Gasteiger partial charge in [0.2, 0.25) is 5.91 Å². The molecule has 5 aliphatic rings. The van der Waals surface area contributed by atoms with Gasteiger partial charge in [-0.05, 0) is 129 Å². The standard InChI is InChI=1S/C31H53NO3/c1-5-29(34)32-15-12-21-10-13-30(3)22(16-21)7-9-24-25(30)11-14-31(4)26(24)18-28-27(31)17-23(35-28)8-6-20(2)19-33/h20-28,33H,5-19H2,1-4H3,(H,32,34)/t20-,21?,22+,23+,24+,25?,26?,27-,28?,30-,31-/m0/s1. The summed E-state index contributed by atoms with van der Waals surface area (Å²) >= 11 is 0. The van der Waals surface area contributed by atoms with Crippen molar-refractivity contribution in [3.63, 3.8) is 0 Å². The van der Waals surface area contributed by atoms with E-state index in [4.69, 9.17) is 4.74 Å². The molecule has 1 aliphatic heterocycles. The van der Waals surface area contributed by atoms with E-state index in [2.05, 4.69) is 26.1 Å². The number of rotatable bonds is 8. The third-order valence-corrected chi connectivity index (χ3v) is 12.4. The second-order valence-corrected chi connectivity index (χ2v) is 14.1. The van der Waals surface area contributed by atoms with Crippen molar-refractivity contribution >= 4 is 5.91 Å². The Bertz CT molecular complexity index is 756. The first-order valence-electron chi connectivity index (χ1n) is 15.3. The summed E-state index contributed by atoms with van der Waals surface area (Å²) in [7, 11) is 0. The van der Waals surface area contributed by atoms with Crippen LogP contribution < -0.4 is 5.32 Å². The first-order chi connectivity index (χ1) is 16.8. The molecule has 5 fully saturated rings. The minimum atomic E-state index is 0.202. The second-order valence-electron chi connectivity index (χ2n) is 14.1. The maximum absolute atomic E-state index is 11.6. The fraction of sp³-hybridized carbons (Fsp3) is 0.968. The van der Waals surface area contributed by atoms with Crippen molar-refractivity contribution in [1.82, 2.24) is 5.32 Å². The Morgan fingerprint density at radius 1 is 1.00 bits per heavy atom. The molecule has 0 radical (unpaired) electrons. The summed E-state index contributed by atoms with van der Waals surface area (Å²) in [6.45, 7) is 10.6. The lowest BCUT2D eigenvalue weighted by atomic mass is 9.44. The van der Waals surface area contributed by atoms with Crippen molar-refractivity contribution in [2.45, 2.75) is 123 Å². The normalized spacial score (nSPS) is 47.3. The molecule has 4 aliphatic carbocycles. The maximum Gasteiger partial charge on any atom is 0.219 e. The fourth-order valence-corrected chi connectivity index (χ4v) is 10.1. The number of carbonyl (C=O) groups is 1. The van der Waals surface area contributed by atoms with Crippen LogP contribution in [0.4, 0.5) is 0 Å². The summed E-state index contributed by atoms with van der Waals surface area (Å²) in [5.74, 6) is 5.77. The topological polar surface area (TPSA) is 58.6 Å². The molecule has 4 saturated carbocycles. The SMILES string of the molecule is CCC(=O)NCCC1CC[C@]2(C)C3CC[C@@]4(C)C(CC5O[C@H](CC[C@H](C)CO)C[C@@H]54)[C@@H]3CC[C@@H]2C1. The number of nitrogens with one attached hydrogen (secondary N) is 1. The van der Waals surface area contributed by atoms with Gasteiger partial charge in [-0.2, -0.15) is 0 Å². The number of carbonyl (C=O) groups excluding carboxylic acids is 1. The second kappa shape index (κ2) is 10.3. The zero-order chi connectivity index (χ0) is 24.8. The van der Waals surface area contributed by atoms with Crippen molar-refractivity contribution in [2.75, 3.05) is 13.2 Å². The predicted molar refractivity (Wildman–Crippen MR) is 141 cm³/mol. The van der Waals surface area contributed by atoms with Gasteiger partial charge >= 0.3 is 0 Å². The summed E-state index contributed by atoms with van der Waals surface area (Å²) in [6.07, 6.45) is 17.4. The van der Waals surface area contributed by atoms with Crippen LogP contribution >= 0.6 is 0 Å². The van der Waals surface area contributed by atoms with Gasteiger partial charge in [-0.3, -0.25) is 4.79 Å². The number of aliphatic hydroxyl groups excluding tert-OH is 1. The highest BCUT2D eigenvalue weighted by atomic mass is 16.5. The monoisotopic (exact) mass is 487 g/mol. The van der Waals surface area contributed by atoms with Crippen LogP contribution in [0.3, 0.4) is 0 Å². The molecule has 0 spiro atoms. The van der Waals surface area contributed by atoms with Crippen LogP contribution in [0.25, 0.3) is 0 Å². The summed E-state index contributed by atoms with van der Waals surface area (Å²) in [6, 6.07) is 0. The molecule has 0 bridgehead atoms. The molecule has 200 valence electrons. The third-order valence-electron chi connectivity index (χ3n) is 12.4. The van der Waals surface area contributed by atoms with E-state index < -0.39 is 0 Å². The van der Waals surface area contributed by atoms with E-state index in [-0.39, 0.29) is 5.91 Å². The van der Waals surface area contributed by atoms with Crippen LogP contribution in [0.1, 0.15) is 111 Å². The summed E-state index contributed by atoms with van der Waals surface area (Å²) in [4.78, 5) is 11.6.